The van der Waals surface area contributed by atoms with Crippen LogP contribution in [-0.4, -0.2) is 61.5 Å². The van der Waals surface area contributed by atoms with Gasteiger partial charge in [-0.3, -0.25) is 0 Å². The number of nitrogens with one attached hydrogen (secondary N) is 1. The molecule has 42 heavy (non-hydrogen) atoms. The number of fused-ring (bicyclic) bond motifs is 8. The quantitative estimate of drug-likeness (QED) is 0.339. The lowest BCUT2D eigenvalue weighted by Crippen LogP contribution is -2.42. The van der Waals surface area contributed by atoms with Crippen LogP contribution in [0.2, 0.25) is 5.15 Å². The van der Waals surface area contributed by atoms with Crippen molar-refractivity contribution in [2.24, 2.45) is 17.8 Å². The van der Waals surface area contributed by atoms with Gasteiger partial charge in [-0.1, -0.05) is 50.6 Å². The number of hydrogen-bond donors (Lipinski definition) is 1. The van der Waals surface area contributed by atoms with Crippen molar-refractivity contribution in [2.75, 3.05) is 59.3 Å². The van der Waals surface area contributed by atoms with Crippen LogP contribution in [0.1, 0.15) is 70.4 Å². The molecule has 8 rings (SSSR count). The normalized spacial score (nSPS) is 26.3. The molecule has 4 bridgehead atoms. The fraction of sp³-hybridized carbons (Fsp3) is 0.688. The second-order valence-electron chi connectivity index (χ2n) is 13.1. The summed E-state index contributed by atoms with van der Waals surface area (Å²) < 4.78 is 38.9. The molecule has 0 amide bonds. The number of rotatable bonds is 1. The first-order valence-corrected chi connectivity index (χ1v) is 16.4. The summed E-state index contributed by atoms with van der Waals surface area (Å²) in [5.41, 5.74) is 3.44. The number of piperidine rings is 1. The average Bonchev–Trinajstić information content (AvgIpc) is 3.56. The predicted molar refractivity (Wildman–Crippen MR) is 165 cm³/mol. The Kier molecular flexibility index (Phi) is 8.94. The van der Waals surface area contributed by atoms with Gasteiger partial charge in [-0.25, -0.2) is 9.97 Å². The van der Waals surface area contributed by atoms with E-state index < -0.39 is 12.1 Å². The van der Waals surface area contributed by atoms with Crippen LogP contribution in [0.25, 0.3) is 0 Å². The highest BCUT2D eigenvalue weighted by atomic mass is 35.5. The number of alkyl halides is 3. The molecule has 1 aliphatic carbocycles. The van der Waals surface area contributed by atoms with Crippen LogP contribution in [0.4, 0.5) is 36.2 Å². The van der Waals surface area contributed by atoms with E-state index in [0.29, 0.717) is 30.1 Å². The second kappa shape index (κ2) is 12.7. The Morgan fingerprint density at radius 3 is 2.31 bits per heavy atom. The lowest BCUT2D eigenvalue weighted by molar-refractivity contribution is -0.176. The minimum atomic E-state index is -4.10. The predicted octanol–water partition coefficient (Wildman–Crippen LogP) is 7.57. The topological polar surface area (TPSA) is 47.5 Å². The molecule has 0 radical (unpaired) electrons. The van der Waals surface area contributed by atoms with E-state index in [2.05, 4.69) is 33.1 Å². The maximum atomic E-state index is 13.0. The minimum Gasteiger partial charge on any atom is -0.370 e. The molecule has 2 aromatic heterocycles. The van der Waals surface area contributed by atoms with Crippen molar-refractivity contribution in [3.8, 4) is 0 Å². The molecule has 0 aromatic carbocycles. The van der Waals surface area contributed by atoms with Crippen LogP contribution >= 0.6 is 11.6 Å². The van der Waals surface area contributed by atoms with E-state index in [1.54, 1.807) is 0 Å². The molecule has 6 aliphatic rings. The molecule has 2 aromatic rings. The minimum absolute atomic E-state index is 0.0441. The van der Waals surface area contributed by atoms with Crippen LogP contribution in [0.3, 0.4) is 0 Å². The van der Waals surface area contributed by atoms with Crippen molar-refractivity contribution >= 4 is 34.6 Å². The molecule has 3 atom stereocenters. The fourth-order valence-corrected chi connectivity index (χ4v) is 7.57. The Morgan fingerprint density at radius 2 is 1.55 bits per heavy atom. The van der Waals surface area contributed by atoms with Gasteiger partial charge >= 0.3 is 6.18 Å². The first-order chi connectivity index (χ1) is 20.2. The third-order valence-electron chi connectivity index (χ3n) is 9.86. The first-order valence-electron chi connectivity index (χ1n) is 16.0. The maximum absolute atomic E-state index is 13.0. The zero-order valence-corrected chi connectivity index (χ0v) is 25.4. The van der Waals surface area contributed by atoms with Gasteiger partial charge < -0.3 is 20.0 Å². The van der Waals surface area contributed by atoms with Gasteiger partial charge in [0, 0.05) is 45.3 Å². The maximum Gasteiger partial charge on any atom is 0.393 e. The van der Waals surface area contributed by atoms with Gasteiger partial charge in [0.1, 0.15) is 11.0 Å². The van der Waals surface area contributed by atoms with E-state index in [1.807, 2.05) is 23.1 Å². The second-order valence-corrected chi connectivity index (χ2v) is 13.5. The Balaban J connectivity index is 0.000000132. The molecule has 1 unspecified atom stereocenters. The van der Waals surface area contributed by atoms with E-state index in [9.17, 15) is 13.2 Å². The molecule has 5 aliphatic heterocycles. The number of pyridine rings is 2. The molecule has 10 heteroatoms. The van der Waals surface area contributed by atoms with Crippen LogP contribution in [0, 0.1) is 17.8 Å². The number of halogens is 4. The first kappa shape index (κ1) is 29.6. The van der Waals surface area contributed by atoms with Crippen LogP contribution in [0.5, 0.6) is 0 Å². The highest BCUT2D eigenvalue weighted by Gasteiger charge is 2.42. The summed E-state index contributed by atoms with van der Waals surface area (Å²) in [5, 5.41) is 3.96. The van der Waals surface area contributed by atoms with Crippen molar-refractivity contribution in [1.29, 1.82) is 0 Å². The summed E-state index contributed by atoms with van der Waals surface area (Å²) in [4.78, 5) is 15.5. The summed E-state index contributed by atoms with van der Waals surface area (Å²) >= 11 is 5.82. The van der Waals surface area contributed by atoms with Gasteiger partial charge in [0.2, 0.25) is 0 Å². The molecular weight excluding hydrogens is 561 g/mol. The molecule has 6 nitrogen and oxygen atoms in total. The largest absolute Gasteiger partial charge is 0.393 e. The van der Waals surface area contributed by atoms with E-state index in [4.69, 9.17) is 16.6 Å². The van der Waals surface area contributed by atoms with Gasteiger partial charge in [0.15, 0.2) is 5.82 Å². The highest BCUT2D eigenvalue weighted by molar-refractivity contribution is 6.29. The van der Waals surface area contributed by atoms with Gasteiger partial charge in [-0.2, -0.15) is 13.2 Å². The zero-order valence-electron chi connectivity index (χ0n) is 24.7. The summed E-state index contributed by atoms with van der Waals surface area (Å²) in [5.74, 6) is 2.14. The summed E-state index contributed by atoms with van der Waals surface area (Å²) in [7, 11) is 0. The van der Waals surface area contributed by atoms with Crippen molar-refractivity contribution in [1.82, 2.24) is 9.97 Å². The van der Waals surface area contributed by atoms with Gasteiger partial charge in [-0.15, -0.1) is 0 Å². The monoisotopic (exact) mass is 604 g/mol. The molecule has 230 valence electrons. The Morgan fingerprint density at radius 1 is 0.786 bits per heavy atom. The van der Waals surface area contributed by atoms with Crippen molar-refractivity contribution < 1.29 is 13.2 Å². The van der Waals surface area contributed by atoms with Gasteiger partial charge in [0.05, 0.1) is 23.0 Å². The van der Waals surface area contributed by atoms with Crippen molar-refractivity contribution in [3.63, 3.8) is 0 Å². The van der Waals surface area contributed by atoms with Crippen molar-refractivity contribution in [3.05, 3.63) is 35.1 Å². The number of nitrogens with zero attached hydrogens (tertiary/aromatic N) is 5. The summed E-state index contributed by atoms with van der Waals surface area (Å²) in [6.07, 6.45) is 7.53. The number of hydrogen-bond acceptors (Lipinski definition) is 6. The molecule has 1 N–H and O–H groups in total. The lowest BCUT2D eigenvalue weighted by atomic mass is 9.91. The average molecular weight is 605 g/mol. The van der Waals surface area contributed by atoms with Crippen molar-refractivity contribution in [2.45, 2.75) is 83.4 Å². The molecule has 0 spiro atoms. The Bertz CT molecular complexity index is 1220. The smallest absolute Gasteiger partial charge is 0.370 e. The van der Waals surface area contributed by atoms with Crippen LogP contribution in [0.15, 0.2) is 24.3 Å². The SMILES string of the molecule is CC1CCCCC1.Clc1ccc2c(n1)N[C@H]1CCN2C1.FC(F)(F)C1CCCN(c2ccc3c(n2)C[C@H]2CCN3C2)C1. The molecule has 4 fully saturated rings. The highest BCUT2D eigenvalue weighted by Crippen LogP contribution is 2.38. The fourth-order valence-electron chi connectivity index (χ4n) is 7.43. The third-order valence-corrected chi connectivity index (χ3v) is 10.1. The van der Waals surface area contributed by atoms with Crippen LogP contribution in [-0.2, 0) is 6.42 Å². The molecular formula is C32H44ClF3N6. The summed E-state index contributed by atoms with van der Waals surface area (Å²) in [6.45, 7) is 7.50. The number of anilines is 4. The van der Waals surface area contributed by atoms with E-state index in [-0.39, 0.29) is 13.0 Å². The Hall–Kier alpha value is -2.42. The molecule has 7 heterocycles. The molecule has 3 saturated heterocycles. The standard InChI is InChI=1S/C16H20F3N3.C9H10ClN3.C7H14/c17-16(18,19)12-2-1-6-22(10-12)15-4-3-14-13(20-15)8-11-5-7-21(14)9-11;10-8-2-1-7-9(12-8)11-6-3-4-13(7)5-6;1-7-5-3-2-4-6-7/h3-4,11-12H,1-2,5-10H2;1-2,6H,3-5H2,(H,11,12);7H,2-6H2,1H3/t11-,12?;6-;/m10./s1. The van der Waals surface area contributed by atoms with E-state index in [0.717, 1.165) is 55.8 Å². The Labute approximate surface area is 253 Å². The third kappa shape index (κ3) is 6.87. The van der Waals surface area contributed by atoms with Crippen LogP contribution < -0.4 is 20.0 Å². The van der Waals surface area contributed by atoms with E-state index >= 15 is 0 Å². The number of aromatic nitrogens is 2. The molecule has 1 saturated carbocycles. The van der Waals surface area contributed by atoms with Gasteiger partial charge in [0.25, 0.3) is 0 Å². The van der Waals surface area contributed by atoms with E-state index in [1.165, 1.54) is 56.3 Å². The lowest BCUT2D eigenvalue weighted by Gasteiger charge is -2.35. The zero-order chi connectivity index (χ0) is 29.3. The summed E-state index contributed by atoms with van der Waals surface area (Å²) in [6, 6.07) is 8.41. The van der Waals surface area contributed by atoms with Gasteiger partial charge in [-0.05, 0) is 68.2 Å².